The molecule has 3 N–H and O–H groups in total. The van der Waals surface area contributed by atoms with Crippen LogP contribution in [-0.4, -0.2) is 36.4 Å². The van der Waals surface area contributed by atoms with Gasteiger partial charge in [-0.15, -0.1) is 0 Å². The van der Waals surface area contributed by atoms with E-state index in [1.165, 1.54) is 0 Å². The van der Waals surface area contributed by atoms with E-state index in [4.69, 9.17) is 4.74 Å². The molecule has 2 amide bonds. The van der Waals surface area contributed by atoms with E-state index in [9.17, 15) is 14.7 Å². The van der Waals surface area contributed by atoms with Crippen LogP contribution < -0.4 is 10.6 Å². The summed E-state index contributed by atoms with van der Waals surface area (Å²) in [6, 6.07) is 7.13. The summed E-state index contributed by atoms with van der Waals surface area (Å²) in [5, 5.41) is 14.4. The number of aliphatic carboxylic acids is 1. The fourth-order valence-electron chi connectivity index (χ4n) is 2.17. The summed E-state index contributed by atoms with van der Waals surface area (Å²) in [5.74, 6) is -1.09. The largest absolute Gasteiger partial charge is 0.479 e. The van der Waals surface area contributed by atoms with Crippen LogP contribution >= 0.6 is 0 Å². The molecule has 0 unspecified atom stereocenters. The van der Waals surface area contributed by atoms with Crippen LogP contribution in [0.4, 0.5) is 4.79 Å². The molecule has 1 aromatic carbocycles. The lowest BCUT2D eigenvalue weighted by Crippen LogP contribution is -2.51. The normalized spacial score (nSPS) is 22.4. The first-order valence-corrected chi connectivity index (χ1v) is 6.47. The van der Waals surface area contributed by atoms with Gasteiger partial charge in [-0.3, -0.25) is 0 Å². The number of amides is 2. The number of carboxylic acids is 1. The van der Waals surface area contributed by atoms with Crippen LogP contribution in [-0.2, 0) is 9.53 Å². The molecule has 6 heteroatoms. The van der Waals surface area contributed by atoms with Gasteiger partial charge in [0.15, 0.2) is 6.04 Å². The van der Waals surface area contributed by atoms with E-state index in [0.717, 1.165) is 12.8 Å². The van der Waals surface area contributed by atoms with Crippen molar-refractivity contribution in [3.63, 3.8) is 0 Å². The fraction of sp³-hybridized carbons (Fsp3) is 0.429. The fourth-order valence-corrected chi connectivity index (χ4v) is 2.17. The number of nitrogens with one attached hydrogen (secondary N) is 2. The summed E-state index contributed by atoms with van der Waals surface area (Å²) < 4.78 is 5.12. The van der Waals surface area contributed by atoms with Gasteiger partial charge in [-0.25, -0.2) is 9.59 Å². The van der Waals surface area contributed by atoms with Gasteiger partial charge in [0, 0.05) is 13.2 Å². The third kappa shape index (κ3) is 3.48. The highest BCUT2D eigenvalue weighted by molar-refractivity contribution is 5.83. The van der Waals surface area contributed by atoms with Crippen molar-refractivity contribution < 1.29 is 19.4 Å². The van der Waals surface area contributed by atoms with E-state index in [1.54, 1.807) is 37.4 Å². The second kappa shape index (κ2) is 6.38. The van der Waals surface area contributed by atoms with Crippen molar-refractivity contribution in [3.05, 3.63) is 35.9 Å². The van der Waals surface area contributed by atoms with Crippen molar-refractivity contribution in [2.24, 2.45) is 0 Å². The molecule has 2 rings (SSSR count). The number of benzene rings is 1. The SMILES string of the molecule is COC1CC(NC(=O)N[C@@H](C(=O)O)c2ccccc2)C1. The monoisotopic (exact) mass is 278 g/mol. The smallest absolute Gasteiger partial charge is 0.330 e. The Balaban J connectivity index is 1.89. The quantitative estimate of drug-likeness (QED) is 0.757. The lowest BCUT2D eigenvalue weighted by atomic mass is 9.89. The minimum Gasteiger partial charge on any atom is -0.479 e. The van der Waals surface area contributed by atoms with E-state index >= 15 is 0 Å². The number of methoxy groups -OCH3 is 1. The molecule has 1 aliphatic rings. The highest BCUT2D eigenvalue weighted by atomic mass is 16.5. The number of carbonyl (C=O) groups excluding carboxylic acids is 1. The van der Waals surface area contributed by atoms with Gasteiger partial charge in [0.1, 0.15) is 0 Å². The molecule has 6 nitrogen and oxygen atoms in total. The zero-order chi connectivity index (χ0) is 14.5. The van der Waals surface area contributed by atoms with Crippen molar-refractivity contribution in [1.29, 1.82) is 0 Å². The second-order valence-electron chi connectivity index (χ2n) is 4.83. The van der Waals surface area contributed by atoms with Crippen molar-refractivity contribution in [3.8, 4) is 0 Å². The Kier molecular flexibility index (Phi) is 4.57. The standard InChI is InChI=1S/C14H18N2O4/c1-20-11-7-10(8-11)15-14(19)16-12(13(17)18)9-5-3-2-4-6-9/h2-6,10-12H,7-8H2,1H3,(H,17,18)(H2,15,16,19)/t10?,11?,12-/m1/s1. The van der Waals surface area contributed by atoms with Crippen molar-refractivity contribution in [1.82, 2.24) is 10.6 Å². The van der Waals surface area contributed by atoms with E-state index in [0.29, 0.717) is 5.56 Å². The number of carbonyl (C=O) groups is 2. The molecule has 108 valence electrons. The maximum absolute atomic E-state index is 11.8. The van der Waals surface area contributed by atoms with Crippen LogP contribution in [0.1, 0.15) is 24.4 Å². The average molecular weight is 278 g/mol. The van der Waals surface area contributed by atoms with Crippen molar-refractivity contribution >= 4 is 12.0 Å². The first-order valence-electron chi connectivity index (χ1n) is 6.47. The Labute approximate surface area is 117 Å². The zero-order valence-corrected chi connectivity index (χ0v) is 11.2. The Morgan fingerprint density at radius 2 is 1.95 bits per heavy atom. The first kappa shape index (κ1) is 14.3. The molecule has 1 atom stereocenters. The number of carboxylic acid groups (broad SMARTS) is 1. The van der Waals surface area contributed by atoms with Crippen LogP contribution in [0.15, 0.2) is 30.3 Å². The van der Waals surface area contributed by atoms with Gasteiger partial charge < -0.3 is 20.5 Å². The lowest BCUT2D eigenvalue weighted by molar-refractivity contribution is -0.139. The van der Waals surface area contributed by atoms with Gasteiger partial charge in [-0.1, -0.05) is 30.3 Å². The highest BCUT2D eigenvalue weighted by Crippen LogP contribution is 2.22. The van der Waals surface area contributed by atoms with Gasteiger partial charge in [-0.2, -0.15) is 0 Å². The molecular weight excluding hydrogens is 260 g/mol. The molecule has 0 aliphatic heterocycles. The van der Waals surface area contributed by atoms with Crippen molar-refractivity contribution in [2.75, 3.05) is 7.11 Å². The van der Waals surface area contributed by atoms with E-state index in [2.05, 4.69) is 10.6 Å². The number of hydrogen-bond donors (Lipinski definition) is 3. The van der Waals surface area contributed by atoms with Crippen LogP contribution in [0, 0.1) is 0 Å². The Hall–Kier alpha value is -2.08. The number of urea groups is 1. The van der Waals surface area contributed by atoms with Crippen LogP contribution in [0.25, 0.3) is 0 Å². The molecule has 20 heavy (non-hydrogen) atoms. The second-order valence-corrected chi connectivity index (χ2v) is 4.83. The molecule has 0 aromatic heterocycles. The maximum atomic E-state index is 11.8. The highest BCUT2D eigenvalue weighted by Gasteiger charge is 2.31. The predicted octanol–water partition coefficient (Wildman–Crippen LogP) is 1.29. The molecule has 1 aromatic rings. The Morgan fingerprint density at radius 3 is 2.50 bits per heavy atom. The number of rotatable bonds is 5. The summed E-state index contributed by atoms with van der Waals surface area (Å²) in [5.41, 5.74) is 0.540. The summed E-state index contributed by atoms with van der Waals surface area (Å²) >= 11 is 0. The molecule has 1 aliphatic carbocycles. The van der Waals surface area contributed by atoms with E-state index in [-0.39, 0.29) is 12.1 Å². The van der Waals surface area contributed by atoms with Crippen LogP contribution in [0.2, 0.25) is 0 Å². The average Bonchev–Trinajstić information content (AvgIpc) is 2.40. The van der Waals surface area contributed by atoms with Crippen molar-refractivity contribution in [2.45, 2.75) is 31.0 Å². The molecule has 0 saturated heterocycles. The Bertz CT molecular complexity index is 471. The molecule has 1 saturated carbocycles. The third-order valence-electron chi connectivity index (χ3n) is 3.42. The molecule has 0 heterocycles. The third-order valence-corrected chi connectivity index (χ3v) is 3.42. The summed E-state index contributed by atoms with van der Waals surface area (Å²) in [6.45, 7) is 0. The van der Waals surface area contributed by atoms with E-state index in [1.807, 2.05) is 0 Å². The van der Waals surface area contributed by atoms with Gasteiger partial charge in [0.25, 0.3) is 0 Å². The first-order chi connectivity index (χ1) is 9.60. The predicted molar refractivity (Wildman–Crippen MR) is 72.3 cm³/mol. The summed E-state index contributed by atoms with van der Waals surface area (Å²) in [6.07, 6.45) is 1.70. The maximum Gasteiger partial charge on any atom is 0.330 e. The minimum absolute atomic E-state index is 0.0465. The van der Waals surface area contributed by atoms with Crippen LogP contribution in [0.3, 0.4) is 0 Å². The van der Waals surface area contributed by atoms with Gasteiger partial charge in [0.2, 0.25) is 0 Å². The summed E-state index contributed by atoms with van der Waals surface area (Å²) in [4.78, 5) is 23.0. The molecular formula is C14H18N2O4. The van der Waals surface area contributed by atoms with E-state index < -0.39 is 18.0 Å². The van der Waals surface area contributed by atoms with Gasteiger partial charge in [0.05, 0.1) is 6.10 Å². The van der Waals surface area contributed by atoms with Gasteiger partial charge >= 0.3 is 12.0 Å². The lowest BCUT2D eigenvalue weighted by Gasteiger charge is -2.34. The minimum atomic E-state index is -1.09. The molecule has 1 fully saturated rings. The topological polar surface area (TPSA) is 87.7 Å². The number of ether oxygens (including phenoxy) is 1. The molecule has 0 radical (unpaired) electrons. The molecule has 0 bridgehead atoms. The Morgan fingerprint density at radius 1 is 1.30 bits per heavy atom. The molecule has 0 spiro atoms. The number of hydrogen-bond acceptors (Lipinski definition) is 3. The van der Waals surface area contributed by atoms with Gasteiger partial charge in [-0.05, 0) is 18.4 Å². The zero-order valence-electron chi connectivity index (χ0n) is 11.2. The summed E-state index contributed by atoms with van der Waals surface area (Å²) in [7, 11) is 1.64. The van der Waals surface area contributed by atoms with Crippen LogP contribution in [0.5, 0.6) is 0 Å².